The van der Waals surface area contributed by atoms with Gasteiger partial charge in [-0.1, -0.05) is 0 Å². The summed E-state index contributed by atoms with van der Waals surface area (Å²) in [6.07, 6.45) is 1.31. The number of nitrogens with zero attached hydrogens (tertiary/aromatic N) is 1. The van der Waals surface area contributed by atoms with Crippen LogP contribution in [0.3, 0.4) is 0 Å². The Kier molecular flexibility index (Phi) is 4.45. The maximum absolute atomic E-state index is 12.7. The van der Waals surface area contributed by atoms with Gasteiger partial charge in [-0.2, -0.15) is 0 Å². The molecule has 0 aliphatic rings. The van der Waals surface area contributed by atoms with Gasteiger partial charge in [0, 0.05) is 6.20 Å². The van der Waals surface area contributed by atoms with Crippen LogP contribution in [0.25, 0.3) is 0 Å². The van der Waals surface area contributed by atoms with Gasteiger partial charge in [-0.15, -0.1) is 0 Å². The highest BCUT2D eigenvalue weighted by atomic mass is 19.1. The molecule has 0 fully saturated rings. The number of benzene rings is 1. The Morgan fingerprint density at radius 1 is 1.24 bits per heavy atom. The summed E-state index contributed by atoms with van der Waals surface area (Å²) in [7, 11) is 0. The first-order valence-electron chi connectivity index (χ1n) is 5.93. The second-order valence-electron chi connectivity index (χ2n) is 4.00. The Morgan fingerprint density at radius 3 is 2.62 bits per heavy atom. The van der Waals surface area contributed by atoms with E-state index in [1.807, 2.05) is 0 Å². The first-order chi connectivity index (χ1) is 10.1. The van der Waals surface area contributed by atoms with Crippen LogP contribution in [-0.2, 0) is 4.79 Å². The van der Waals surface area contributed by atoms with Crippen molar-refractivity contribution in [1.29, 1.82) is 0 Å². The second kappa shape index (κ2) is 6.47. The van der Waals surface area contributed by atoms with E-state index in [1.165, 1.54) is 42.6 Å². The standard InChI is InChI=1S/C14H11FN2O4/c15-9-3-5-10(6-4-9)21-8-12(18)17-11-2-1-7-16-13(11)14(19)20/h1-7H,8H2,(H,17,18)(H,19,20). The molecular formula is C14H11FN2O4. The van der Waals surface area contributed by atoms with Crippen molar-refractivity contribution in [3.63, 3.8) is 0 Å². The summed E-state index contributed by atoms with van der Waals surface area (Å²) in [5.74, 6) is -1.87. The van der Waals surface area contributed by atoms with Crippen LogP contribution < -0.4 is 10.1 Å². The van der Waals surface area contributed by atoms with Gasteiger partial charge in [0.2, 0.25) is 0 Å². The van der Waals surface area contributed by atoms with Crippen LogP contribution in [0.4, 0.5) is 10.1 Å². The maximum Gasteiger partial charge on any atom is 0.356 e. The fraction of sp³-hybridized carbons (Fsp3) is 0.0714. The summed E-state index contributed by atoms with van der Waals surface area (Å²) < 4.78 is 17.8. The number of amides is 1. The molecule has 1 aromatic carbocycles. The fourth-order valence-electron chi connectivity index (χ4n) is 1.54. The Hall–Kier alpha value is -2.96. The lowest BCUT2D eigenvalue weighted by molar-refractivity contribution is -0.118. The highest BCUT2D eigenvalue weighted by Crippen LogP contribution is 2.13. The number of hydrogen-bond donors (Lipinski definition) is 2. The number of aromatic nitrogens is 1. The number of carbonyl (C=O) groups is 2. The van der Waals surface area contributed by atoms with E-state index in [1.54, 1.807) is 0 Å². The molecule has 1 heterocycles. The van der Waals surface area contributed by atoms with E-state index >= 15 is 0 Å². The Balaban J connectivity index is 1.96. The van der Waals surface area contributed by atoms with Gasteiger partial charge >= 0.3 is 5.97 Å². The molecule has 1 amide bonds. The molecule has 0 spiro atoms. The molecule has 0 saturated heterocycles. The first-order valence-corrected chi connectivity index (χ1v) is 5.93. The molecule has 0 bridgehead atoms. The molecule has 7 heteroatoms. The Labute approximate surface area is 119 Å². The molecule has 2 aromatic rings. The molecule has 6 nitrogen and oxygen atoms in total. The van der Waals surface area contributed by atoms with Crippen molar-refractivity contribution in [3.8, 4) is 5.75 Å². The van der Waals surface area contributed by atoms with Gasteiger partial charge < -0.3 is 15.2 Å². The van der Waals surface area contributed by atoms with E-state index in [0.29, 0.717) is 5.75 Å². The monoisotopic (exact) mass is 290 g/mol. The number of carboxylic acids is 1. The molecule has 0 unspecified atom stereocenters. The van der Waals surface area contributed by atoms with Crippen LogP contribution in [-0.4, -0.2) is 28.6 Å². The van der Waals surface area contributed by atoms with Crippen molar-refractivity contribution in [2.24, 2.45) is 0 Å². The van der Waals surface area contributed by atoms with Crippen LogP contribution in [0.2, 0.25) is 0 Å². The van der Waals surface area contributed by atoms with Crippen LogP contribution in [0.1, 0.15) is 10.5 Å². The molecule has 0 radical (unpaired) electrons. The van der Waals surface area contributed by atoms with E-state index in [9.17, 15) is 14.0 Å². The smallest absolute Gasteiger partial charge is 0.356 e. The number of anilines is 1. The number of halogens is 1. The number of pyridine rings is 1. The average molecular weight is 290 g/mol. The van der Waals surface area contributed by atoms with Gasteiger partial charge in [0.15, 0.2) is 12.3 Å². The molecule has 0 saturated carbocycles. The quantitative estimate of drug-likeness (QED) is 0.878. The van der Waals surface area contributed by atoms with Gasteiger partial charge in [0.05, 0.1) is 5.69 Å². The summed E-state index contributed by atoms with van der Waals surface area (Å²) >= 11 is 0. The summed E-state index contributed by atoms with van der Waals surface area (Å²) in [5, 5.41) is 11.3. The van der Waals surface area contributed by atoms with Crippen molar-refractivity contribution in [2.45, 2.75) is 0 Å². The first kappa shape index (κ1) is 14.4. The van der Waals surface area contributed by atoms with Crippen LogP contribution >= 0.6 is 0 Å². The van der Waals surface area contributed by atoms with Crippen LogP contribution in [0.5, 0.6) is 5.75 Å². The minimum Gasteiger partial charge on any atom is -0.484 e. The highest BCUT2D eigenvalue weighted by Gasteiger charge is 2.13. The average Bonchev–Trinajstić information content (AvgIpc) is 2.47. The Bertz CT molecular complexity index is 658. The lowest BCUT2D eigenvalue weighted by Gasteiger charge is -2.08. The summed E-state index contributed by atoms with van der Waals surface area (Å²) in [6.45, 7) is -0.334. The van der Waals surface area contributed by atoms with E-state index in [0.717, 1.165) is 0 Å². The molecule has 0 aliphatic heterocycles. The van der Waals surface area contributed by atoms with Crippen molar-refractivity contribution < 1.29 is 23.8 Å². The second-order valence-corrected chi connectivity index (χ2v) is 4.00. The predicted octanol–water partition coefficient (Wildman–Crippen LogP) is 1.94. The summed E-state index contributed by atoms with van der Waals surface area (Å²) in [6, 6.07) is 8.10. The molecule has 0 aliphatic carbocycles. The lowest BCUT2D eigenvalue weighted by Crippen LogP contribution is -2.22. The number of rotatable bonds is 5. The number of carbonyl (C=O) groups excluding carboxylic acids is 1. The molecule has 1 aromatic heterocycles. The zero-order valence-electron chi connectivity index (χ0n) is 10.7. The number of ether oxygens (including phenoxy) is 1. The predicted molar refractivity (Wildman–Crippen MR) is 71.7 cm³/mol. The third-order valence-electron chi connectivity index (χ3n) is 2.47. The van der Waals surface area contributed by atoms with Crippen LogP contribution in [0.15, 0.2) is 42.6 Å². The van der Waals surface area contributed by atoms with Crippen molar-refractivity contribution in [2.75, 3.05) is 11.9 Å². The van der Waals surface area contributed by atoms with Crippen molar-refractivity contribution >= 4 is 17.6 Å². The third kappa shape index (κ3) is 4.00. The topological polar surface area (TPSA) is 88.5 Å². The zero-order chi connectivity index (χ0) is 15.2. The van der Waals surface area contributed by atoms with Crippen LogP contribution in [0, 0.1) is 5.82 Å². The molecular weight excluding hydrogens is 279 g/mol. The van der Waals surface area contributed by atoms with E-state index in [4.69, 9.17) is 9.84 Å². The van der Waals surface area contributed by atoms with Crippen molar-refractivity contribution in [1.82, 2.24) is 4.98 Å². The van der Waals surface area contributed by atoms with E-state index in [-0.39, 0.29) is 18.0 Å². The lowest BCUT2D eigenvalue weighted by atomic mass is 10.3. The minimum absolute atomic E-state index is 0.0812. The molecule has 0 atom stereocenters. The summed E-state index contributed by atoms with van der Waals surface area (Å²) in [4.78, 5) is 26.3. The minimum atomic E-state index is -1.25. The normalized spacial score (nSPS) is 9.95. The number of hydrogen-bond acceptors (Lipinski definition) is 4. The SMILES string of the molecule is O=C(COc1ccc(F)cc1)Nc1cccnc1C(=O)O. The molecule has 108 valence electrons. The maximum atomic E-state index is 12.7. The van der Waals surface area contributed by atoms with Gasteiger partial charge in [-0.05, 0) is 36.4 Å². The number of aromatic carboxylic acids is 1. The highest BCUT2D eigenvalue weighted by molar-refractivity contribution is 5.99. The molecule has 2 rings (SSSR count). The largest absolute Gasteiger partial charge is 0.484 e. The fourth-order valence-corrected chi connectivity index (χ4v) is 1.54. The third-order valence-corrected chi connectivity index (χ3v) is 2.47. The van der Waals surface area contributed by atoms with Gasteiger partial charge in [-0.25, -0.2) is 14.2 Å². The van der Waals surface area contributed by atoms with Gasteiger partial charge in [-0.3, -0.25) is 4.79 Å². The summed E-state index contributed by atoms with van der Waals surface area (Å²) in [5.41, 5.74) is -0.176. The van der Waals surface area contributed by atoms with Gasteiger partial charge in [0.1, 0.15) is 11.6 Å². The van der Waals surface area contributed by atoms with Gasteiger partial charge in [0.25, 0.3) is 5.91 Å². The van der Waals surface area contributed by atoms with E-state index in [2.05, 4.69) is 10.3 Å². The number of nitrogens with one attached hydrogen (secondary N) is 1. The van der Waals surface area contributed by atoms with Crippen molar-refractivity contribution in [3.05, 3.63) is 54.1 Å². The molecule has 2 N–H and O–H groups in total. The number of carboxylic acid groups (broad SMARTS) is 1. The Morgan fingerprint density at radius 2 is 1.95 bits per heavy atom. The van der Waals surface area contributed by atoms with E-state index < -0.39 is 17.7 Å². The molecule has 21 heavy (non-hydrogen) atoms. The zero-order valence-corrected chi connectivity index (χ0v) is 10.7.